The molecule has 21 heavy (non-hydrogen) atoms. The van der Waals surface area contributed by atoms with Gasteiger partial charge in [0.05, 0.1) is 5.56 Å². The van der Waals surface area contributed by atoms with Crippen LogP contribution in [0.25, 0.3) is 0 Å². The van der Waals surface area contributed by atoms with E-state index in [-0.39, 0.29) is 6.54 Å². The Morgan fingerprint density at radius 2 is 1.76 bits per heavy atom. The molecule has 1 aromatic carbocycles. The van der Waals surface area contributed by atoms with E-state index in [9.17, 15) is 17.6 Å². The monoisotopic (exact) mass is 309 g/mol. The molecule has 0 bridgehead atoms. The zero-order valence-electron chi connectivity index (χ0n) is 12.0. The fourth-order valence-corrected chi connectivity index (χ4v) is 1.77. The summed E-state index contributed by atoms with van der Waals surface area (Å²) < 4.78 is 61.5. The lowest BCUT2D eigenvalue weighted by Crippen LogP contribution is -2.31. The van der Waals surface area contributed by atoms with Gasteiger partial charge < -0.3 is 14.8 Å². The number of benzene rings is 1. The fourth-order valence-electron chi connectivity index (χ4n) is 1.77. The van der Waals surface area contributed by atoms with Gasteiger partial charge in [0.15, 0.2) is 6.29 Å². The Balaban J connectivity index is 2.59. The summed E-state index contributed by atoms with van der Waals surface area (Å²) in [7, 11) is 0. The van der Waals surface area contributed by atoms with Crippen molar-refractivity contribution in [1.29, 1.82) is 0 Å². The first-order valence-electron chi connectivity index (χ1n) is 6.68. The molecule has 1 rings (SSSR count). The molecule has 0 heterocycles. The molecule has 0 unspecified atom stereocenters. The van der Waals surface area contributed by atoms with Gasteiger partial charge >= 0.3 is 6.18 Å². The summed E-state index contributed by atoms with van der Waals surface area (Å²) >= 11 is 0. The van der Waals surface area contributed by atoms with Crippen LogP contribution >= 0.6 is 0 Å². The number of nitrogens with one attached hydrogen (secondary N) is 1. The number of rotatable bonds is 8. The minimum atomic E-state index is -4.70. The van der Waals surface area contributed by atoms with Gasteiger partial charge in [-0.25, -0.2) is 4.39 Å². The molecule has 3 nitrogen and oxygen atoms in total. The first-order chi connectivity index (χ1) is 9.88. The lowest BCUT2D eigenvalue weighted by molar-refractivity contribution is -0.140. The average Bonchev–Trinajstić information content (AvgIpc) is 2.40. The summed E-state index contributed by atoms with van der Waals surface area (Å²) in [4.78, 5) is 0. The molecule has 0 aliphatic heterocycles. The highest BCUT2D eigenvalue weighted by atomic mass is 19.4. The largest absolute Gasteiger partial charge is 0.419 e. The second-order valence-electron chi connectivity index (χ2n) is 4.28. The Kier molecular flexibility index (Phi) is 7.07. The first-order valence-corrected chi connectivity index (χ1v) is 6.68. The van der Waals surface area contributed by atoms with Gasteiger partial charge in [-0.1, -0.05) is 6.07 Å². The standard InChI is InChI=1S/C14H19F4NO2/c1-3-20-13(21-4-2)9-19-8-10-5-6-12(15)11(7-10)14(16,17)18/h5-7,13,19H,3-4,8-9H2,1-2H3. The Bertz CT molecular complexity index is 431. The van der Waals surface area contributed by atoms with E-state index in [1.54, 1.807) is 0 Å². The van der Waals surface area contributed by atoms with Crippen LogP contribution in [0.3, 0.4) is 0 Å². The summed E-state index contributed by atoms with van der Waals surface area (Å²) in [5.74, 6) is -1.27. The zero-order chi connectivity index (χ0) is 15.9. The maximum atomic E-state index is 13.1. The zero-order valence-corrected chi connectivity index (χ0v) is 12.0. The van der Waals surface area contributed by atoms with Crippen LogP contribution in [0.4, 0.5) is 17.6 Å². The summed E-state index contributed by atoms with van der Waals surface area (Å²) in [5, 5.41) is 2.93. The maximum absolute atomic E-state index is 13.1. The topological polar surface area (TPSA) is 30.5 Å². The van der Waals surface area contributed by atoms with E-state index >= 15 is 0 Å². The molecule has 7 heteroatoms. The van der Waals surface area contributed by atoms with E-state index in [4.69, 9.17) is 9.47 Å². The first kappa shape index (κ1) is 17.9. The van der Waals surface area contributed by atoms with Crippen molar-refractivity contribution in [2.75, 3.05) is 19.8 Å². The molecular weight excluding hydrogens is 290 g/mol. The third kappa shape index (κ3) is 5.99. The maximum Gasteiger partial charge on any atom is 0.419 e. The predicted octanol–water partition coefficient (Wildman–Crippen LogP) is 3.33. The lowest BCUT2D eigenvalue weighted by Gasteiger charge is -2.17. The molecule has 0 aromatic heterocycles. The fraction of sp³-hybridized carbons (Fsp3) is 0.571. The molecule has 0 radical (unpaired) electrons. The second-order valence-corrected chi connectivity index (χ2v) is 4.28. The van der Waals surface area contributed by atoms with E-state index in [0.29, 0.717) is 25.3 Å². The minimum Gasteiger partial charge on any atom is -0.352 e. The van der Waals surface area contributed by atoms with Crippen LogP contribution in [-0.4, -0.2) is 26.0 Å². The van der Waals surface area contributed by atoms with Gasteiger partial charge in [0.25, 0.3) is 0 Å². The summed E-state index contributed by atoms with van der Waals surface area (Å²) in [5.41, 5.74) is -0.913. The molecule has 120 valence electrons. The van der Waals surface area contributed by atoms with Crippen LogP contribution in [-0.2, 0) is 22.2 Å². The molecule has 0 saturated heterocycles. The van der Waals surface area contributed by atoms with Crippen LogP contribution in [0, 0.1) is 5.82 Å². The highest BCUT2D eigenvalue weighted by Gasteiger charge is 2.34. The van der Waals surface area contributed by atoms with Crippen molar-refractivity contribution >= 4 is 0 Å². The van der Waals surface area contributed by atoms with E-state index in [0.717, 1.165) is 12.1 Å². The van der Waals surface area contributed by atoms with E-state index in [2.05, 4.69) is 5.32 Å². The Morgan fingerprint density at radius 3 is 2.29 bits per heavy atom. The van der Waals surface area contributed by atoms with Crippen molar-refractivity contribution in [2.45, 2.75) is 32.9 Å². The van der Waals surface area contributed by atoms with Gasteiger partial charge in [0.1, 0.15) is 5.82 Å². The third-order valence-electron chi connectivity index (χ3n) is 2.68. The number of hydrogen-bond donors (Lipinski definition) is 1. The van der Waals surface area contributed by atoms with Crippen LogP contribution in [0.2, 0.25) is 0 Å². The molecule has 1 N–H and O–H groups in total. The van der Waals surface area contributed by atoms with Crippen molar-refractivity contribution in [3.05, 3.63) is 35.1 Å². The van der Waals surface area contributed by atoms with Gasteiger partial charge in [-0.3, -0.25) is 0 Å². The minimum absolute atomic E-state index is 0.167. The highest BCUT2D eigenvalue weighted by molar-refractivity contribution is 5.27. The quantitative estimate of drug-likeness (QED) is 0.590. The lowest BCUT2D eigenvalue weighted by atomic mass is 10.1. The van der Waals surface area contributed by atoms with Crippen molar-refractivity contribution in [3.63, 3.8) is 0 Å². The smallest absolute Gasteiger partial charge is 0.352 e. The summed E-state index contributed by atoms with van der Waals surface area (Å²) in [6.07, 6.45) is -5.15. The van der Waals surface area contributed by atoms with Crippen molar-refractivity contribution in [2.24, 2.45) is 0 Å². The Hall–Kier alpha value is -1.18. The molecule has 0 spiro atoms. The molecular formula is C14H19F4NO2. The average molecular weight is 309 g/mol. The predicted molar refractivity (Wildman–Crippen MR) is 70.1 cm³/mol. The van der Waals surface area contributed by atoms with Gasteiger partial charge in [-0.15, -0.1) is 0 Å². The van der Waals surface area contributed by atoms with Crippen LogP contribution in [0.5, 0.6) is 0 Å². The molecule has 0 atom stereocenters. The van der Waals surface area contributed by atoms with E-state index < -0.39 is 23.8 Å². The normalized spacial score (nSPS) is 12.1. The summed E-state index contributed by atoms with van der Waals surface area (Å²) in [6, 6.07) is 2.94. The van der Waals surface area contributed by atoms with E-state index in [1.165, 1.54) is 6.07 Å². The Labute approximate surface area is 121 Å². The van der Waals surface area contributed by atoms with Gasteiger partial charge in [0, 0.05) is 26.3 Å². The van der Waals surface area contributed by atoms with Gasteiger partial charge in [0.2, 0.25) is 0 Å². The molecule has 0 saturated carbocycles. The second kappa shape index (κ2) is 8.31. The van der Waals surface area contributed by atoms with E-state index in [1.807, 2.05) is 13.8 Å². The van der Waals surface area contributed by atoms with Crippen LogP contribution in [0.1, 0.15) is 25.0 Å². The van der Waals surface area contributed by atoms with Crippen LogP contribution < -0.4 is 5.32 Å². The van der Waals surface area contributed by atoms with Crippen molar-refractivity contribution in [1.82, 2.24) is 5.32 Å². The molecule has 0 fully saturated rings. The Morgan fingerprint density at radius 1 is 1.14 bits per heavy atom. The van der Waals surface area contributed by atoms with Crippen molar-refractivity contribution < 1.29 is 27.0 Å². The van der Waals surface area contributed by atoms with Crippen molar-refractivity contribution in [3.8, 4) is 0 Å². The van der Waals surface area contributed by atoms with Gasteiger partial charge in [-0.2, -0.15) is 13.2 Å². The molecule has 0 aliphatic carbocycles. The molecule has 0 amide bonds. The highest BCUT2D eigenvalue weighted by Crippen LogP contribution is 2.31. The van der Waals surface area contributed by atoms with Crippen LogP contribution in [0.15, 0.2) is 18.2 Å². The van der Waals surface area contributed by atoms with Gasteiger partial charge in [-0.05, 0) is 31.5 Å². The summed E-state index contributed by atoms with van der Waals surface area (Å²) in [6.45, 7) is 5.09. The number of halogens is 4. The SMILES string of the molecule is CCOC(CNCc1ccc(F)c(C(F)(F)F)c1)OCC. The molecule has 1 aromatic rings. The molecule has 0 aliphatic rings. The number of alkyl halides is 3. The third-order valence-corrected chi connectivity index (χ3v) is 2.68. The number of hydrogen-bond acceptors (Lipinski definition) is 3. The number of ether oxygens (including phenoxy) is 2.